The van der Waals surface area contributed by atoms with E-state index in [1.165, 1.54) is 0 Å². The highest BCUT2D eigenvalue weighted by atomic mass is 35.5. The molecule has 0 radical (unpaired) electrons. The third kappa shape index (κ3) is 2.65. The summed E-state index contributed by atoms with van der Waals surface area (Å²) in [5.41, 5.74) is 0.755. The minimum Gasteiger partial charge on any atom is -0.314 e. The van der Waals surface area contributed by atoms with E-state index in [4.69, 9.17) is 11.6 Å². The lowest BCUT2D eigenvalue weighted by molar-refractivity contribution is 0.263. The van der Waals surface area contributed by atoms with Crippen molar-refractivity contribution in [3.05, 3.63) is 34.9 Å². The lowest BCUT2D eigenvalue weighted by Crippen LogP contribution is -2.54. The molecule has 6 heteroatoms. The number of fused-ring (bicyclic) bond motifs is 2. The van der Waals surface area contributed by atoms with Crippen molar-refractivity contribution in [2.24, 2.45) is 0 Å². The van der Waals surface area contributed by atoms with Gasteiger partial charge in [-0.15, -0.1) is 0 Å². The molecule has 0 aliphatic carbocycles. The van der Waals surface area contributed by atoms with Gasteiger partial charge in [0.1, 0.15) is 0 Å². The van der Waals surface area contributed by atoms with Crippen molar-refractivity contribution in [2.75, 3.05) is 13.1 Å². The molecule has 2 unspecified atom stereocenters. The van der Waals surface area contributed by atoms with Crippen molar-refractivity contribution in [3.63, 3.8) is 0 Å². The number of benzene rings is 1. The highest BCUT2D eigenvalue weighted by Crippen LogP contribution is 2.31. The number of hydrogen-bond acceptors (Lipinski definition) is 3. The van der Waals surface area contributed by atoms with Gasteiger partial charge in [0.15, 0.2) is 0 Å². The van der Waals surface area contributed by atoms with Gasteiger partial charge < -0.3 is 5.32 Å². The van der Waals surface area contributed by atoms with Crippen LogP contribution in [0.25, 0.3) is 0 Å². The highest BCUT2D eigenvalue weighted by Gasteiger charge is 2.43. The van der Waals surface area contributed by atoms with Gasteiger partial charge in [-0.05, 0) is 30.5 Å². The van der Waals surface area contributed by atoms with Gasteiger partial charge in [-0.3, -0.25) is 0 Å². The van der Waals surface area contributed by atoms with Crippen molar-refractivity contribution < 1.29 is 8.42 Å². The lowest BCUT2D eigenvalue weighted by Gasteiger charge is -2.34. The third-order valence-electron chi connectivity index (χ3n) is 3.87. The summed E-state index contributed by atoms with van der Waals surface area (Å²) in [4.78, 5) is 0. The molecule has 4 nitrogen and oxygen atoms in total. The number of nitrogens with one attached hydrogen (secondary N) is 1. The second-order valence-electron chi connectivity index (χ2n) is 5.26. The van der Waals surface area contributed by atoms with Crippen molar-refractivity contribution in [2.45, 2.75) is 30.7 Å². The molecule has 0 spiro atoms. The Labute approximate surface area is 118 Å². The Bertz CT molecular complexity index is 560. The molecule has 19 heavy (non-hydrogen) atoms. The fourth-order valence-corrected chi connectivity index (χ4v) is 5.34. The zero-order chi connectivity index (χ0) is 13.5. The Morgan fingerprint density at radius 1 is 1.26 bits per heavy atom. The van der Waals surface area contributed by atoms with Gasteiger partial charge >= 0.3 is 0 Å². The maximum Gasteiger partial charge on any atom is 0.218 e. The maximum atomic E-state index is 12.6. The van der Waals surface area contributed by atoms with Crippen molar-refractivity contribution in [1.82, 2.24) is 9.62 Å². The minimum atomic E-state index is -3.25. The molecular weight excluding hydrogens is 284 g/mol. The Balaban J connectivity index is 1.83. The van der Waals surface area contributed by atoms with E-state index in [0.29, 0.717) is 5.02 Å². The smallest absolute Gasteiger partial charge is 0.218 e. The molecule has 2 aliphatic rings. The average molecular weight is 301 g/mol. The van der Waals surface area contributed by atoms with Gasteiger partial charge in [-0.25, -0.2) is 8.42 Å². The number of hydrogen-bond donors (Lipinski definition) is 1. The van der Waals surface area contributed by atoms with Crippen molar-refractivity contribution >= 4 is 21.6 Å². The van der Waals surface area contributed by atoms with E-state index < -0.39 is 10.0 Å². The molecule has 2 fully saturated rings. The van der Waals surface area contributed by atoms with Crippen molar-refractivity contribution in [3.8, 4) is 0 Å². The van der Waals surface area contributed by atoms with E-state index >= 15 is 0 Å². The molecule has 2 atom stereocenters. The summed E-state index contributed by atoms with van der Waals surface area (Å²) in [6.07, 6.45) is 1.93. The summed E-state index contributed by atoms with van der Waals surface area (Å²) in [5.74, 6) is 0.0422. The molecule has 0 saturated carbocycles. The molecular formula is C13H17ClN2O2S. The zero-order valence-corrected chi connectivity index (χ0v) is 12.1. The van der Waals surface area contributed by atoms with Gasteiger partial charge in [-0.1, -0.05) is 23.7 Å². The van der Waals surface area contributed by atoms with Gasteiger partial charge in [0.2, 0.25) is 10.0 Å². The van der Waals surface area contributed by atoms with Crippen LogP contribution in [0.5, 0.6) is 0 Å². The zero-order valence-electron chi connectivity index (χ0n) is 10.5. The Hall–Kier alpha value is -0.620. The summed E-state index contributed by atoms with van der Waals surface area (Å²) in [7, 11) is -3.25. The molecule has 2 heterocycles. The first kappa shape index (κ1) is 13.4. The van der Waals surface area contributed by atoms with Crippen LogP contribution in [0.3, 0.4) is 0 Å². The first-order chi connectivity index (χ1) is 9.06. The molecule has 2 bridgehead atoms. The van der Waals surface area contributed by atoms with E-state index in [1.807, 2.05) is 6.07 Å². The van der Waals surface area contributed by atoms with Gasteiger partial charge in [0.05, 0.1) is 5.75 Å². The van der Waals surface area contributed by atoms with Crippen LogP contribution in [0.15, 0.2) is 24.3 Å². The topological polar surface area (TPSA) is 49.4 Å². The Kier molecular flexibility index (Phi) is 3.55. The van der Waals surface area contributed by atoms with E-state index in [9.17, 15) is 8.42 Å². The quantitative estimate of drug-likeness (QED) is 0.922. The molecule has 0 aromatic heterocycles. The second kappa shape index (κ2) is 5.05. The maximum absolute atomic E-state index is 12.6. The number of sulfonamides is 1. The van der Waals surface area contributed by atoms with Crippen LogP contribution in [-0.4, -0.2) is 37.9 Å². The van der Waals surface area contributed by atoms with Crippen LogP contribution in [0.4, 0.5) is 0 Å². The minimum absolute atomic E-state index is 0.0422. The molecule has 2 saturated heterocycles. The van der Waals surface area contributed by atoms with Gasteiger partial charge in [-0.2, -0.15) is 4.31 Å². The first-order valence-corrected chi connectivity index (χ1v) is 8.51. The SMILES string of the molecule is O=S(=O)(Cc1cccc(Cl)c1)N1C2CCC1CNC2. The van der Waals surface area contributed by atoms with E-state index in [1.54, 1.807) is 22.5 Å². The third-order valence-corrected chi connectivity index (χ3v) is 6.04. The lowest BCUT2D eigenvalue weighted by atomic mass is 10.2. The standard InChI is InChI=1S/C13H17ClN2O2S/c14-11-3-1-2-10(6-11)9-19(17,18)16-12-4-5-13(16)8-15-7-12/h1-3,6,12-13,15H,4-5,7-9H2. The summed E-state index contributed by atoms with van der Waals surface area (Å²) in [6.45, 7) is 1.54. The molecule has 1 aromatic carbocycles. The van der Waals surface area contributed by atoms with Crippen LogP contribution in [0.1, 0.15) is 18.4 Å². The average Bonchev–Trinajstić information content (AvgIpc) is 2.61. The highest BCUT2D eigenvalue weighted by molar-refractivity contribution is 7.88. The van der Waals surface area contributed by atoms with E-state index in [-0.39, 0.29) is 17.8 Å². The Morgan fingerprint density at radius 3 is 2.58 bits per heavy atom. The van der Waals surface area contributed by atoms with Crippen molar-refractivity contribution in [1.29, 1.82) is 0 Å². The summed E-state index contributed by atoms with van der Waals surface area (Å²) < 4.78 is 26.9. The number of nitrogens with zero attached hydrogens (tertiary/aromatic N) is 1. The van der Waals surface area contributed by atoms with Crippen LogP contribution in [0.2, 0.25) is 5.02 Å². The molecule has 1 aromatic rings. The summed E-state index contributed by atoms with van der Waals surface area (Å²) in [6, 6.07) is 7.34. The second-order valence-corrected chi connectivity index (χ2v) is 7.57. The molecule has 3 rings (SSSR count). The van der Waals surface area contributed by atoms with Crippen LogP contribution < -0.4 is 5.32 Å². The molecule has 2 aliphatic heterocycles. The molecule has 0 amide bonds. The fraction of sp³-hybridized carbons (Fsp3) is 0.538. The first-order valence-electron chi connectivity index (χ1n) is 6.52. The van der Waals surface area contributed by atoms with Crippen LogP contribution >= 0.6 is 11.6 Å². The predicted molar refractivity (Wildman–Crippen MR) is 75.6 cm³/mol. The number of rotatable bonds is 3. The molecule has 1 N–H and O–H groups in total. The largest absolute Gasteiger partial charge is 0.314 e. The summed E-state index contributed by atoms with van der Waals surface area (Å²) in [5, 5.41) is 3.87. The summed E-state index contributed by atoms with van der Waals surface area (Å²) >= 11 is 5.91. The van der Waals surface area contributed by atoms with E-state index in [0.717, 1.165) is 31.5 Å². The fourth-order valence-electron chi connectivity index (χ4n) is 3.10. The van der Waals surface area contributed by atoms with Gasteiger partial charge in [0, 0.05) is 30.2 Å². The van der Waals surface area contributed by atoms with E-state index in [2.05, 4.69) is 5.32 Å². The van der Waals surface area contributed by atoms with Crippen LogP contribution in [-0.2, 0) is 15.8 Å². The number of halogens is 1. The van der Waals surface area contributed by atoms with Gasteiger partial charge in [0.25, 0.3) is 0 Å². The Morgan fingerprint density at radius 2 is 1.95 bits per heavy atom. The normalized spacial score (nSPS) is 27.6. The monoisotopic (exact) mass is 300 g/mol. The molecule has 104 valence electrons. The number of piperazine rings is 1. The predicted octanol–water partition coefficient (Wildman–Crippen LogP) is 1.61. The van der Waals surface area contributed by atoms with Crippen LogP contribution in [0, 0.1) is 0 Å².